The number of hydrogen-bond acceptors (Lipinski definition) is 8. The van der Waals surface area contributed by atoms with Gasteiger partial charge in [0.2, 0.25) is 0 Å². The Morgan fingerprint density at radius 2 is 1.62 bits per heavy atom. The van der Waals surface area contributed by atoms with Crippen LogP contribution in [-0.2, 0) is 11.8 Å². The van der Waals surface area contributed by atoms with Crippen LogP contribution >= 0.6 is 0 Å². The molecule has 6 rings (SSSR count). The van der Waals surface area contributed by atoms with Crippen LogP contribution in [0.3, 0.4) is 0 Å². The first-order valence-electron chi connectivity index (χ1n) is 19.2. The van der Waals surface area contributed by atoms with Crippen LogP contribution in [0.2, 0.25) is 0 Å². The largest absolute Gasteiger partial charge is 0.490 e. The molecule has 0 bridgehead atoms. The molecule has 2 heterocycles. The average molecular weight is 734 g/mol. The monoisotopic (exact) mass is 733 g/mol. The highest BCUT2D eigenvalue weighted by Crippen LogP contribution is 2.35. The molecule has 1 aliphatic carbocycles. The second-order valence-electron chi connectivity index (χ2n) is 15.1. The van der Waals surface area contributed by atoms with Crippen LogP contribution in [0, 0.1) is 6.92 Å². The number of rotatable bonds is 18. The molecule has 1 unspecified atom stereocenters. The molecule has 1 saturated carbocycles. The van der Waals surface area contributed by atoms with Gasteiger partial charge in [-0.05, 0) is 85.0 Å². The molecule has 1 aromatic heterocycles. The van der Waals surface area contributed by atoms with Crippen LogP contribution in [0.5, 0.6) is 5.75 Å². The number of allylic oxidation sites excluding steroid dienone is 1. The molecule has 8 nitrogen and oxygen atoms in total. The van der Waals surface area contributed by atoms with Gasteiger partial charge in [0.25, 0.3) is 0 Å². The third-order valence-corrected chi connectivity index (χ3v) is 10.9. The molecule has 0 spiro atoms. The Balaban J connectivity index is 0.985. The number of benzene rings is 3. The van der Waals surface area contributed by atoms with Gasteiger partial charge in [0.15, 0.2) is 5.82 Å². The molecule has 1 atom stereocenters. The maximum absolute atomic E-state index is 6.39. The maximum Gasteiger partial charge on any atom is 0.175 e. The fraction of sp³-hybridized carbons (Fsp3) is 0.319. The Morgan fingerprint density at radius 3 is 2.20 bits per heavy atom. The SMILES string of the molecule is C=CCCC(C(=C)NC)N(C=C)C(=C)c1ccc(NC2CC(Oc3ccc(C(C)(C)c4ccc(Cc5cnc(C6=NC(C)=NC6)nc5)cc4)cc3)C2)cc1C. The summed E-state index contributed by atoms with van der Waals surface area (Å²) in [5.74, 6) is 2.34. The summed E-state index contributed by atoms with van der Waals surface area (Å²) >= 11 is 0. The minimum Gasteiger partial charge on any atom is -0.490 e. The van der Waals surface area contributed by atoms with E-state index in [1.807, 2.05) is 38.6 Å². The summed E-state index contributed by atoms with van der Waals surface area (Å²) in [5, 5.41) is 6.92. The van der Waals surface area contributed by atoms with Gasteiger partial charge in [0.05, 0.1) is 12.6 Å². The van der Waals surface area contributed by atoms with E-state index >= 15 is 0 Å². The summed E-state index contributed by atoms with van der Waals surface area (Å²) in [6.07, 6.45) is 12.2. The number of anilines is 1. The fourth-order valence-corrected chi connectivity index (χ4v) is 7.34. The van der Waals surface area contributed by atoms with Crippen molar-refractivity contribution in [2.24, 2.45) is 9.98 Å². The number of nitrogens with zero attached hydrogens (tertiary/aromatic N) is 5. The minimum absolute atomic E-state index is 0.0354. The normalized spacial score (nSPS) is 16.9. The maximum atomic E-state index is 6.39. The van der Waals surface area contributed by atoms with E-state index in [4.69, 9.17) is 4.74 Å². The molecule has 1 fully saturated rings. The average Bonchev–Trinajstić information content (AvgIpc) is 3.62. The molecule has 1 aliphatic heterocycles. The van der Waals surface area contributed by atoms with Gasteiger partial charge in [-0.3, -0.25) is 4.99 Å². The smallest absolute Gasteiger partial charge is 0.175 e. The molecular weight excluding hydrogens is 679 g/mol. The second-order valence-corrected chi connectivity index (χ2v) is 15.1. The first kappa shape index (κ1) is 38.9. The molecule has 0 saturated heterocycles. The van der Waals surface area contributed by atoms with Gasteiger partial charge in [-0.1, -0.05) is 82.1 Å². The molecule has 2 aliphatic rings. The van der Waals surface area contributed by atoms with Crippen LogP contribution in [0.4, 0.5) is 5.69 Å². The van der Waals surface area contributed by atoms with Crippen molar-refractivity contribution in [3.8, 4) is 5.75 Å². The zero-order chi connectivity index (χ0) is 39.1. The third kappa shape index (κ3) is 9.14. The third-order valence-electron chi connectivity index (χ3n) is 10.9. The van der Waals surface area contributed by atoms with Gasteiger partial charge < -0.3 is 20.3 Å². The van der Waals surface area contributed by atoms with E-state index in [1.165, 1.54) is 16.7 Å². The quantitative estimate of drug-likeness (QED) is 0.0992. The topological polar surface area (TPSA) is 87.0 Å². The molecular formula is C47H55N7O. The highest BCUT2D eigenvalue weighted by atomic mass is 16.5. The Morgan fingerprint density at radius 1 is 0.945 bits per heavy atom. The van der Waals surface area contributed by atoms with Crippen molar-refractivity contribution < 1.29 is 4.74 Å². The highest BCUT2D eigenvalue weighted by molar-refractivity contribution is 6.10. The van der Waals surface area contributed by atoms with E-state index in [1.54, 1.807) is 0 Å². The minimum atomic E-state index is -0.159. The lowest BCUT2D eigenvalue weighted by atomic mass is 9.78. The number of ether oxygens (including phenoxy) is 1. The number of amidine groups is 1. The predicted molar refractivity (Wildman–Crippen MR) is 229 cm³/mol. The van der Waals surface area contributed by atoms with Crippen molar-refractivity contribution in [1.82, 2.24) is 20.2 Å². The molecule has 55 heavy (non-hydrogen) atoms. The van der Waals surface area contributed by atoms with Crippen LogP contribution in [0.25, 0.3) is 5.70 Å². The van der Waals surface area contributed by atoms with Crippen molar-refractivity contribution in [2.75, 3.05) is 18.9 Å². The lowest BCUT2D eigenvalue weighted by Gasteiger charge is -2.37. The standard InChI is InChI=1S/C47H55N7O/c1-10-12-13-45(32(4)48-9)54(11-2)33(5)43-23-20-39(24-31(43)3)53-40-26-42(27-40)55-41-21-18-38(19-22-41)47(7,8)37-16-14-35(15-17-37)25-36-28-50-46(51-29-36)44-30-49-34(6)52-44/h10-11,14-24,28-29,40,42,45,48,53H,1-2,4-5,12-13,25-27,30H2,3,6-9H3. The van der Waals surface area contributed by atoms with Crippen molar-refractivity contribution in [1.29, 1.82) is 0 Å². The van der Waals surface area contributed by atoms with Crippen molar-refractivity contribution in [3.63, 3.8) is 0 Å². The summed E-state index contributed by atoms with van der Waals surface area (Å²) in [6.45, 7) is 25.8. The lowest BCUT2D eigenvalue weighted by Crippen LogP contribution is -2.42. The van der Waals surface area contributed by atoms with Crippen LogP contribution in [-0.4, -0.2) is 58.2 Å². The molecule has 0 radical (unpaired) electrons. The first-order valence-corrected chi connectivity index (χ1v) is 19.2. The summed E-state index contributed by atoms with van der Waals surface area (Å²) in [7, 11) is 1.90. The fourth-order valence-electron chi connectivity index (χ4n) is 7.34. The van der Waals surface area contributed by atoms with Crippen LogP contribution in [0.1, 0.15) is 85.7 Å². The summed E-state index contributed by atoms with van der Waals surface area (Å²) in [4.78, 5) is 19.9. The number of hydrogen-bond donors (Lipinski definition) is 2. The van der Waals surface area contributed by atoms with Gasteiger partial charge in [-0.25, -0.2) is 15.0 Å². The van der Waals surface area contributed by atoms with Gasteiger partial charge in [-0.15, -0.1) is 6.58 Å². The van der Waals surface area contributed by atoms with E-state index in [0.29, 0.717) is 18.4 Å². The van der Waals surface area contributed by atoms with E-state index in [0.717, 1.165) is 83.2 Å². The number of likely N-dealkylation sites (N-methyl/N-ethyl adjacent to an activating group) is 1. The molecule has 0 amide bonds. The van der Waals surface area contributed by atoms with Gasteiger partial charge in [-0.2, -0.15) is 0 Å². The first-order chi connectivity index (χ1) is 26.5. The van der Waals surface area contributed by atoms with Gasteiger partial charge in [0.1, 0.15) is 23.4 Å². The van der Waals surface area contributed by atoms with E-state index in [2.05, 4.69) is 149 Å². The van der Waals surface area contributed by atoms with E-state index < -0.39 is 0 Å². The Bertz CT molecular complexity index is 2070. The predicted octanol–water partition coefficient (Wildman–Crippen LogP) is 9.43. The van der Waals surface area contributed by atoms with E-state index in [-0.39, 0.29) is 17.6 Å². The summed E-state index contributed by atoms with van der Waals surface area (Å²) < 4.78 is 6.39. The van der Waals surface area contributed by atoms with Crippen LogP contribution < -0.4 is 15.4 Å². The molecule has 284 valence electrons. The zero-order valence-corrected chi connectivity index (χ0v) is 33.1. The molecule has 2 N–H and O–H groups in total. The molecule has 8 heteroatoms. The number of aryl methyl sites for hydroxylation is 1. The Kier molecular flexibility index (Phi) is 12.1. The summed E-state index contributed by atoms with van der Waals surface area (Å²) in [6, 6.07) is 24.4. The second kappa shape index (κ2) is 17.1. The van der Waals surface area contributed by atoms with Crippen molar-refractivity contribution in [2.45, 2.75) is 83.4 Å². The van der Waals surface area contributed by atoms with Crippen molar-refractivity contribution >= 4 is 22.9 Å². The number of nitrogens with one attached hydrogen (secondary N) is 2. The van der Waals surface area contributed by atoms with E-state index in [9.17, 15) is 0 Å². The number of aromatic nitrogens is 2. The van der Waals surface area contributed by atoms with Gasteiger partial charge >= 0.3 is 0 Å². The summed E-state index contributed by atoms with van der Waals surface area (Å²) in [5.41, 5.74) is 10.6. The number of aliphatic imine (C=N–C) groups is 2. The lowest BCUT2D eigenvalue weighted by molar-refractivity contribution is 0.108. The zero-order valence-electron chi connectivity index (χ0n) is 33.1. The molecule has 4 aromatic rings. The Hall–Kier alpha value is -5.76. The Labute approximate surface area is 327 Å². The molecule has 3 aromatic carbocycles. The highest BCUT2D eigenvalue weighted by Gasteiger charge is 2.31. The van der Waals surface area contributed by atoms with Gasteiger partial charge in [0, 0.05) is 72.8 Å². The van der Waals surface area contributed by atoms with Crippen LogP contribution in [0.15, 0.2) is 133 Å². The van der Waals surface area contributed by atoms with Crippen molar-refractivity contribution in [3.05, 3.63) is 163 Å².